The van der Waals surface area contributed by atoms with Gasteiger partial charge in [-0.25, -0.2) is 9.59 Å². The fourth-order valence-electron chi connectivity index (χ4n) is 0.544. The van der Waals surface area contributed by atoms with E-state index in [1.807, 2.05) is 5.32 Å². The van der Waals surface area contributed by atoms with E-state index < -0.39 is 23.7 Å². The van der Waals surface area contributed by atoms with E-state index in [4.69, 9.17) is 15.3 Å². The summed E-state index contributed by atoms with van der Waals surface area (Å²) in [7, 11) is 0. The molecule has 7 nitrogen and oxygen atoms in total. The van der Waals surface area contributed by atoms with Crippen molar-refractivity contribution >= 4 is 18.1 Å². The molecule has 0 rings (SSSR count). The molecular weight excluding hydrogens is 190 g/mol. The van der Waals surface area contributed by atoms with Crippen LogP contribution in [0.3, 0.4) is 0 Å². The Bertz CT molecular complexity index is 256. The molecule has 0 aromatic carbocycles. The van der Waals surface area contributed by atoms with Gasteiger partial charge in [0, 0.05) is 0 Å². The van der Waals surface area contributed by atoms with Gasteiger partial charge in [0.05, 0.1) is 0 Å². The van der Waals surface area contributed by atoms with Crippen molar-refractivity contribution in [2.24, 2.45) is 0 Å². The molecule has 0 spiro atoms. The fourth-order valence-corrected chi connectivity index (χ4v) is 0.544. The molecule has 80 valence electrons. The Morgan fingerprint density at radius 3 is 2.14 bits per heavy atom. The van der Waals surface area contributed by atoms with Gasteiger partial charge in [-0.2, -0.15) is 0 Å². The van der Waals surface area contributed by atoms with Crippen LogP contribution in [0.15, 0.2) is 0 Å². The lowest BCUT2D eigenvalue weighted by Gasteiger charge is -2.19. The van der Waals surface area contributed by atoms with Crippen LogP contribution in [-0.2, 0) is 4.74 Å². The monoisotopic (exact) mass is 203 g/mol. The topological polar surface area (TPSA) is 112 Å². The van der Waals surface area contributed by atoms with E-state index in [1.54, 1.807) is 26.1 Å². The number of guanidine groups is 1. The lowest BCUT2D eigenvalue weighted by molar-refractivity contribution is 0.0561. The minimum Gasteiger partial charge on any atom is -0.465 e. The zero-order valence-electron chi connectivity index (χ0n) is 8.17. The molecule has 0 radical (unpaired) electrons. The Morgan fingerprint density at radius 1 is 1.29 bits per heavy atom. The number of rotatable bonds is 0. The molecule has 14 heavy (non-hydrogen) atoms. The van der Waals surface area contributed by atoms with Crippen LogP contribution in [0.4, 0.5) is 9.59 Å². The van der Waals surface area contributed by atoms with E-state index in [1.165, 1.54) is 0 Å². The first-order chi connectivity index (χ1) is 6.20. The van der Waals surface area contributed by atoms with Gasteiger partial charge in [0.15, 0.2) is 0 Å². The van der Waals surface area contributed by atoms with Gasteiger partial charge in [-0.05, 0) is 20.8 Å². The highest BCUT2D eigenvalue weighted by molar-refractivity contribution is 5.99. The van der Waals surface area contributed by atoms with E-state index in [0.717, 1.165) is 0 Å². The van der Waals surface area contributed by atoms with Crippen LogP contribution in [0.25, 0.3) is 0 Å². The molecule has 0 aliphatic heterocycles. The van der Waals surface area contributed by atoms with Crippen molar-refractivity contribution in [2.45, 2.75) is 26.4 Å². The summed E-state index contributed by atoms with van der Waals surface area (Å²) in [6, 6.07) is 0. The van der Waals surface area contributed by atoms with Crippen molar-refractivity contribution < 1.29 is 19.4 Å². The second kappa shape index (κ2) is 4.45. The maximum absolute atomic E-state index is 10.9. The summed E-state index contributed by atoms with van der Waals surface area (Å²) in [5, 5.41) is 18.7. The molecule has 0 heterocycles. The summed E-state index contributed by atoms with van der Waals surface area (Å²) in [5.74, 6) is -0.647. The fraction of sp³-hybridized carbons (Fsp3) is 0.571. The van der Waals surface area contributed by atoms with Crippen molar-refractivity contribution in [2.75, 3.05) is 0 Å². The minimum absolute atomic E-state index is 0.647. The molecule has 2 amide bonds. The molecule has 0 aliphatic rings. The van der Waals surface area contributed by atoms with Crippen LogP contribution in [0.5, 0.6) is 0 Å². The van der Waals surface area contributed by atoms with Crippen molar-refractivity contribution in [3.63, 3.8) is 0 Å². The standard InChI is InChI=1S/C7H13N3O4/c1-7(2,3)14-6(13)10-4(8)9-5(11)12/h1-3H3,(H,11,12)(H3,8,9,10,13). The Hall–Kier alpha value is -1.79. The predicted molar refractivity (Wildman–Crippen MR) is 48.3 cm³/mol. The van der Waals surface area contributed by atoms with Crippen LogP contribution in [-0.4, -0.2) is 28.9 Å². The number of amides is 2. The van der Waals surface area contributed by atoms with Gasteiger partial charge in [-0.1, -0.05) is 0 Å². The smallest absolute Gasteiger partial charge is 0.414 e. The highest BCUT2D eigenvalue weighted by atomic mass is 16.6. The van der Waals surface area contributed by atoms with Gasteiger partial charge in [-0.3, -0.25) is 16.0 Å². The number of hydrogen-bond donors (Lipinski definition) is 4. The average molecular weight is 203 g/mol. The van der Waals surface area contributed by atoms with Gasteiger partial charge in [0.25, 0.3) is 0 Å². The van der Waals surface area contributed by atoms with E-state index in [2.05, 4.69) is 0 Å². The number of nitrogens with one attached hydrogen (secondary N) is 3. The van der Waals surface area contributed by atoms with Crippen LogP contribution >= 0.6 is 0 Å². The zero-order valence-corrected chi connectivity index (χ0v) is 8.17. The lowest BCUT2D eigenvalue weighted by Crippen LogP contribution is -2.44. The third kappa shape index (κ3) is 6.89. The molecule has 0 aromatic rings. The molecule has 7 heteroatoms. The molecular formula is C7H13N3O4. The Kier molecular flexibility index (Phi) is 3.88. The molecule has 0 saturated heterocycles. The number of ether oxygens (including phenoxy) is 1. The number of carbonyl (C=O) groups excluding carboxylic acids is 1. The number of carboxylic acid groups (broad SMARTS) is 1. The third-order valence-electron chi connectivity index (χ3n) is 0.858. The second-order valence-electron chi connectivity index (χ2n) is 3.43. The molecule has 0 atom stereocenters. The molecule has 0 saturated carbocycles. The van der Waals surface area contributed by atoms with Crippen LogP contribution in [0.1, 0.15) is 20.8 Å². The van der Waals surface area contributed by atoms with Gasteiger partial charge in [0.2, 0.25) is 5.96 Å². The van der Waals surface area contributed by atoms with E-state index in [9.17, 15) is 9.59 Å². The van der Waals surface area contributed by atoms with Gasteiger partial charge in [-0.15, -0.1) is 0 Å². The molecule has 0 unspecified atom stereocenters. The number of alkyl carbamates (subject to hydrolysis) is 1. The summed E-state index contributed by atoms with van der Waals surface area (Å²) in [6.45, 7) is 4.96. The second-order valence-corrected chi connectivity index (χ2v) is 3.43. The van der Waals surface area contributed by atoms with E-state index >= 15 is 0 Å². The summed E-state index contributed by atoms with van der Waals surface area (Å²) in [6.07, 6.45) is -2.30. The van der Waals surface area contributed by atoms with Crippen LogP contribution < -0.4 is 10.6 Å². The van der Waals surface area contributed by atoms with Gasteiger partial charge < -0.3 is 9.84 Å². The first-order valence-electron chi connectivity index (χ1n) is 3.79. The van der Waals surface area contributed by atoms with E-state index in [-0.39, 0.29) is 0 Å². The highest BCUT2D eigenvalue weighted by Crippen LogP contribution is 2.05. The van der Waals surface area contributed by atoms with Crippen LogP contribution in [0.2, 0.25) is 0 Å². The number of carbonyl (C=O) groups is 2. The highest BCUT2D eigenvalue weighted by Gasteiger charge is 2.17. The molecule has 0 aliphatic carbocycles. The number of hydrogen-bond acceptors (Lipinski definition) is 4. The summed E-state index contributed by atoms with van der Waals surface area (Å²) in [4.78, 5) is 21.0. The first kappa shape index (κ1) is 12.2. The van der Waals surface area contributed by atoms with Gasteiger partial charge >= 0.3 is 12.2 Å². The maximum atomic E-state index is 10.9. The Labute approximate surface area is 80.9 Å². The largest absolute Gasteiger partial charge is 0.465 e. The molecule has 0 aromatic heterocycles. The average Bonchev–Trinajstić information content (AvgIpc) is 1.77. The summed E-state index contributed by atoms with van der Waals surface area (Å²) < 4.78 is 4.77. The Morgan fingerprint density at radius 2 is 1.79 bits per heavy atom. The lowest BCUT2D eigenvalue weighted by atomic mass is 10.2. The minimum atomic E-state index is -1.42. The quantitative estimate of drug-likeness (QED) is 0.343. The maximum Gasteiger partial charge on any atom is 0.414 e. The van der Waals surface area contributed by atoms with Crippen molar-refractivity contribution in [3.05, 3.63) is 0 Å². The zero-order chi connectivity index (χ0) is 11.4. The normalized spacial score (nSPS) is 10.2. The predicted octanol–water partition coefficient (Wildman–Crippen LogP) is 0.713. The molecule has 0 fully saturated rings. The third-order valence-corrected chi connectivity index (χ3v) is 0.858. The molecule has 4 N–H and O–H groups in total. The van der Waals surface area contributed by atoms with Crippen molar-refractivity contribution in [1.82, 2.24) is 10.6 Å². The molecule has 0 bridgehead atoms. The van der Waals surface area contributed by atoms with E-state index in [0.29, 0.717) is 0 Å². The summed E-state index contributed by atoms with van der Waals surface area (Å²) >= 11 is 0. The first-order valence-corrected chi connectivity index (χ1v) is 3.79. The van der Waals surface area contributed by atoms with Crippen molar-refractivity contribution in [1.29, 1.82) is 5.41 Å². The summed E-state index contributed by atoms with van der Waals surface area (Å²) in [5.41, 5.74) is -0.687. The Balaban J connectivity index is 3.96. The van der Waals surface area contributed by atoms with Crippen LogP contribution in [0, 0.1) is 5.41 Å². The van der Waals surface area contributed by atoms with Crippen molar-refractivity contribution in [3.8, 4) is 0 Å². The van der Waals surface area contributed by atoms with Gasteiger partial charge in [0.1, 0.15) is 5.60 Å². The SMILES string of the molecule is CC(C)(C)OC(=O)NC(=N)NC(=O)O.